The Morgan fingerprint density at radius 3 is 1.95 bits per heavy atom. The van der Waals surface area contributed by atoms with Crippen LogP contribution in [0.1, 0.15) is 13.8 Å². The monoisotopic (exact) mass is 542 g/mol. The molecule has 212 valence electrons. The van der Waals surface area contributed by atoms with Crippen molar-refractivity contribution in [3.05, 3.63) is 36.7 Å². The highest BCUT2D eigenvalue weighted by atomic mass is 16.5. The Morgan fingerprint density at radius 2 is 1.36 bits per heavy atom. The first-order valence-corrected chi connectivity index (χ1v) is 12.8. The van der Waals surface area contributed by atoms with E-state index in [1.165, 1.54) is 6.33 Å². The highest BCUT2D eigenvalue weighted by molar-refractivity contribution is 5.66. The van der Waals surface area contributed by atoms with E-state index in [1.54, 1.807) is 40.6 Å². The molecule has 0 spiro atoms. The molecule has 0 bridgehead atoms. The number of methoxy groups -OCH3 is 4. The van der Waals surface area contributed by atoms with Crippen LogP contribution in [0.15, 0.2) is 36.7 Å². The summed E-state index contributed by atoms with van der Waals surface area (Å²) in [5.74, 6) is 3.48. The van der Waals surface area contributed by atoms with Gasteiger partial charge in [0.1, 0.15) is 12.9 Å². The summed E-state index contributed by atoms with van der Waals surface area (Å²) in [6, 6.07) is 9.09. The minimum Gasteiger partial charge on any atom is -0.493 e. The first kappa shape index (κ1) is 29.5. The number of rotatable bonds is 12. The third-order valence-corrected chi connectivity index (χ3v) is 5.68. The summed E-state index contributed by atoms with van der Waals surface area (Å²) in [5, 5.41) is 6.33. The van der Waals surface area contributed by atoms with Crippen molar-refractivity contribution >= 4 is 23.3 Å². The van der Waals surface area contributed by atoms with Crippen LogP contribution in [0.2, 0.25) is 0 Å². The smallest absolute Gasteiger partial charge is 0.232 e. The molecular formula is C27H38N6O6. The number of nitrogens with zero attached hydrogens (tertiary/aromatic N) is 4. The molecule has 0 amide bonds. The van der Waals surface area contributed by atoms with Gasteiger partial charge in [0.15, 0.2) is 23.0 Å². The zero-order chi connectivity index (χ0) is 28.0. The van der Waals surface area contributed by atoms with Gasteiger partial charge in [-0.2, -0.15) is 4.98 Å². The zero-order valence-corrected chi connectivity index (χ0v) is 23.4. The minimum absolute atomic E-state index is 0.335. The third kappa shape index (κ3) is 8.23. The Bertz CT molecular complexity index is 1150. The Balaban J connectivity index is 0.00000205. The van der Waals surface area contributed by atoms with Gasteiger partial charge in [-0.15, -0.1) is 0 Å². The summed E-state index contributed by atoms with van der Waals surface area (Å²) in [4.78, 5) is 15.2. The maximum absolute atomic E-state index is 6.03. The van der Waals surface area contributed by atoms with E-state index < -0.39 is 0 Å². The number of anilines is 4. The van der Waals surface area contributed by atoms with E-state index in [2.05, 4.69) is 30.5 Å². The summed E-state index contributed by atoms with van der Waals surface area (Å²) in [7, 11) is 6.28. The maximum Gasteiger partial charge on any atom is 0.232 e. The second-order valence-corrected chi connectivity index (χ2v) is 7.96. The normalized spacial score (nSPS) is 13.0. The van der Waals surface area contributed by atoms with Crippen molar-refractivity contribution in [2.24, 2.45) is 0 Å². The van der Waals surface area contributed by atoms with Gasteiger partial charge in [0, 0.05) is 49.2 Å². The number of morpholine rings is 1. The lowest BCUT2D eigenvalue weighted by molar-refractivity contribution is 0.0321. The molecule has 2 N–H and O–H groups in total. The number of aromatic nitrogens is 3. The van der Waals surface area contributed by atoms with Crippen molar-refractivity contribution < 1.29 is 28.4 Å². The van der Waals surface area contributed by atoms with E-state index in [-0.39, 0.29) is 0 Å². The Hall–Kier alpha value is -4.03. The molecular weight excluding hydrogens is 504 g/mol. The fraction of sp³-hybridized carbons (Fsp3) is 0.444. The van der Waals surface area contributed by atoms with Crippen LogP contribution in [0.25, 0.3) is 0 Å². The lowest BCUT2D eigenvalue weighted by Crippen LogP contribution is -2.38. The summed E-state index contributed by atoms with van der Waals surface area (Å²) in [6.45, 7) is 8.68. The standard InChI is InChI=1S/C25H32N6O6.C2H6/c1-32-19-6-5-17(13-20(19)37-12-9-31-7-10-36-11-8-31)28-24-26-16-27-25(30-24)29-18-14-21(33-2)23(35-4)22(15-18)34-3;1-2/h5-6,13-16H,7-12H2,1-4H3,(H2,26,27,28,29,30);1-2H3. The van der Waals surface area contributed by atoms with Crippen LogP contribution < -0.4 is 34.3 Å². The molecule has 1 saturated heterocycles. The fourth-order valence-corrected chi connectivity index (χ4v) is 3.80. The van der Waals surface area contributed by atoms with E-state index in [0.29, 0.717) is 52.9 Å². The van der Waals surface area contributed by atoms with Crippen LogP contribution in [0.5, 0.6) is 28.7 Å². The highest BCUT2D eigenvalue weighted by Crippen LogP contribution is 2.40. The lowest BCUT2D eigenvalue weighted by Gasteiger charge is -2.26. The zero-order valence-electron chi connectivity index (χ0n) is 23.4. The first-order chi connectivity index (χ1) is 19.1. The Morgan fingerprint density at radius 1 is 0.769 bits per heavy atom. The van der Waals surface area contributed by atoms with Gasteiger partial charge in [-0.3, -0.25) is 4.90 Å². The van der Waals surface area contributed by atoms with Crippen LogP contribution >= 0.6 is 0 Å². The topological polar surface area (TPSA) is 121 Å². The van der Waals surface area contributed by atoms with Gasteiger partial charge in [-0.25, -0.2) is 9.97 Å². The third-order valence-electron chi connectivity index (χ3n) is 5.68. The molecule has 0 aliphatic carbocycles. The molecule has 0 saturated carbocycles. The lowest BCUT2D eigenvalue weighted by atomic mass is 10.2. The van der Waals surface area contributed by atoms with Gasteiger partial charge >= 0.3 is 0 Å². The molecule has 3 aromatic rings. The van der Waals surface area contributed by atoms with Gasteiger partial charge in [-0.1, -0.05) is 13.8 Å². The largest absolute Gasteiger partial charge is 0.493 e. The van der Waals surface area contributed by atoms with Crippen LogP contribution in [0.4, 0.5) is 23.3 Å². The van der Waals surface area contributed by atoms with Crippen molar-refractivity contribution in [3.63, 3.8) is 0 Å². The van der Waals surface area contributed by atoms with E-state index in [4.69, 9.17) is 28.4 Å². The second-order valence-electron chi connectivity index (χ2n) is 7.96. The van der Waals surface area contributed by atoms with Crippen LogP contribution in [-0.2, 0) is 4.74 Å². The Labute approximate surface area is 229 Å². The van der Waals surface area contributed by atoms with Gasteiger partial charge in [0.25, 0.3) is 0 Å². The van der Waals surface area contributed by atoms with Crippen LogP contribution in [0.3, 0.4) is 0 Å². The molecule has 12 heteroatoms. The Kier molecular flexibility index (Phi) is 11.7. The molecule has 2 heterocycles. The molecule has 1 aliphatic rings. The van der Waals surface area contributed by atoms with Crippen molar-refractivity contribution in [1.82, 2.24) is 19.9 Å². The van der Waals surface area contributed by atoms with Gasteiger partial charge < -0.3 is 39.1 Å². The van der Waals surface area contributed by atoms with Crippen molar-refractivity contribution in [3.8, 4) is 28.7 Å². The second kappa shape index (κ2) is 15.4. The van der Waals surface area contributed by atoms with Crippen molar-refractivity contribution in [2.45, 2.75) is 13.8 Å². The molecule has 1 aromatic heterocycles. The van der Waals surface area contributed by atoms with E-state index >= 15 is 0 Å². The molecule has 1 fully saturated rings. The van der Waals surface area contributed by atoms with Gasteiger partial charge in [0.2, 0.25) is 17.6 Å². The van der Waals surface area contributed by atoms with Gasteiger partial charge in [0.05, 0.1) is 41.7 Å². The minimum atomic E-state index is 0.335. The molecule has 0 radical (unpaired) electrons. The molecule has 0 unspecified atom stereocenters. The molecule has 12 nitrogen and oxygen atoms in total. The molecule has 2 aromatic carbocycles. The quantitative estimate of drug-likeness (QED) is 0.342. The molecule has 39 heavy (non-hydrogen) atoms. The van der Waals surface area contributed by atoms with Crippen molar-refractivity contribution in [1.29, 1.82) is 0 Å². The van der Waals surface area contributed by atoms with E-state index in [9.17, 15) is 0 Å². The fourth-order valence-electron chi connectivity index (χ4n) is 3.80. The van der Waals surface area contributed by atoms with Crippen molar-refractivity contribution in [2.75, 3.05) is 78.5 Å². The number of hydrogen-bond donors (Lipinski definition) is 2. The summed E-state index contributed by atoms with van der Waals surface area (Å²) in [6.07, 6.45) is 1.42. The number of nitrogens with one attached hydrogen (secondary N) is 2. The average Bonchev–Trinajstić information content (AvgIpc) is 2.98. The van der Waals surface area contributed by atoms with Crippen LogP contribution in [-0.4, -0.2) is 87.7 Å². The summed E-state index contributed by atoms with van der Waals surface area (Å²) in [5.41, 5.74) is 1.40. The molecule has 1 aliphatic heterocycles. The molecule has 0 atom stereocenters. The average molecular weight is 543 g/mol. The summed E-state index contributed by atoms with van der Waals surface area (Å²) < 4.78 is 33.1. The SMILES string of the molecule is CC.COc1ccc(Nc2ncnc(Nc3cc(OC)c(OC)c(OC)c3)n2)cc1OCCN1CCOCC1. The van der Waals surface area contributed by atoms with E-state index in [1.807, 2.05) is 32.0 Å². The maximum atomic E-state index is 6.03. The first-order valence-electron chi connectivity index (χ1n) is 12.8. The van der Waals surface area contributed by atoms with Crippen LogP contribution in [0, 0.1) is 0 Å². The number of hydrogen-bond acceptors (Lipinski definition) is 12. The number of benzene rings is 2. The van der Waals surface area contributed by atoms with E-state index in [0.717, 1.165) is 38.5 Å². The number of ether oxygens (including phenoxy) is 6. The predicted molar refractivity (Wildman–Crippen MR) is 150 cm³/mol. The highest BCUT2D eigenvalue weighted by Gasteiger charge is 2.15. The predicted octanol–water partition coefficient (Wildman–Crippen LogP) is 4.13. The molecule has 4 rings (SSSR count). The summed E-state index contributed by atoms with van der Waals surface area (Å²) >= 11 is 0. The van der Waals surface area contributed by atoms with Gasteiger partial charge in [-0.05, 0) is 12.1 Å².